The summed E-state index contributed by atoms with van der Waals surface area (Å²) in [5, 5.41) is 2.65. The number of carbonyl (C=O) groups is 2. The van der Waals surface area contributed by atoms with Crippen molar-refractivity contribution in [1.29, 1.82) is 0 Å². The van der Waals surface area contributed by atoms with Crippen LogP contribution in [-0.4, -0.2) is 41.4 Å². The minimum atomic E-state index is -3.87. The highest BCUT2D eigenvalue weighted by Gasteiger charge is 2.18. The fourth-order valence-electron chi connectivity index (χ4n) is 1.41. The van der Waals surface area contributed by atoms with Crippen LogP contribution in [-0.2, 0) is 23.2 Å². The Kier molecular flexibility index (Phi) is 11.9. The van der Waals surface area contributed by atoms with Gasteiger partial charge in [0.05, 0.1) is 19.0 Å². The average molecular weight is 341 g/mol. The van der Waals surface area contributed by atoms with E-state index in [1.807, 2.05) is 0 Å². The Bertz CT molecular complexity index is 366. The number of thioether (sulfide) groups is 1. The van der Waals surface area contributed by atoms with Crippen LogP contribution in [0.2, 0.25) is 0 Å². The van der Waals surface area contributed by atoms with Crippen molar-refractivity contribution in [2.24, 2.45) is 0 Å². The second kappa shape index (κ2) is 12.2. The van der Waals surface area contributed by atoms with Gasteiger partial charge in [0.25, 0.3) is 0 Å². The van der Waals surface area contributed by atoms with Gasteiger partial charge in [0, 0.05) is 13.5 Å². The lowest BCUT2D eigenvalue weighted by molar-refractivity contribution is -0.118. The minimum absolute atomic E-state index is 0.0709. The Morgan fingerprint density at radius 1 is 1.19 bits per heavy atom. The average Bonchev–Trinajstić information content (AvgIpc) is 2.39. The zero-order valence-corrected chi connectivity index (χ0v) is 14.2. The van der Waals surface area contributed by atoms with E-state index in [4.69, 9.17) is 9.42 Å². The van der Waals surface area contributed by atoms with Crippen molar-refractivity contribution >= 4 is 30.6 Å². The number of phosphoric ester groups is 1. The number of phosphoric acid groups is 1. The molecular weight excluding hydrogens is 317 g/mol. The van der Waals surface area contributed by atoms with Crippen LogP contribution in [0.5, 0.6) is 0 Å². The molecule has 9 heteroatoms. The van der Waals surface area contributed by atoms with Crippen LogP contribution in [0.25, 0.3) is 0 Å². The van der Waals surface area contributed by atoms with Gasteiger partial charge in [-0.05, 0) is 19.8 Å². The van der Waals surface area contributed by atoms with Crippen LogP contribution in [0.15, 0.2) is 0 Å². The molecule has 0 rings (SSSR count). The van der Waals surface area contributed by atoms with E-state index in [2.05, 4.69) is 9.84 Å². The fraction of sp³-hybridized carbons (Fsp3) is 0.833. The second-order valence-corrected chi connectivity index (χ2v) is 6.87. The van der Waals surface area contributed by atoms with E-state index in [1.54, 1.807) is 6.92 Å². The molecule has 0 radical (unpaired) electrons. The molecule has 21 heavy (non-hydrogen) atoms. The highest BCUT2D eigenvalue weighted by atomic mass is 32.2. The molecule has 0 bridgehead atoms. The van der Waals surface area contributed by atoms with Crippen LogP contribution < -0.4 is 5.32 Å². The number of amides is 1. The van der Waals surface area contributed by atoms with Crippen LogP contribution >= 0.6 is 19.6 Å². The van der Waals surface area contributed by atoms with Crippen molar-refractivity contribution in [2.45, 2.75) is 39.5 Å². The number of hydrogen-bond donors (Lipinski definition) is 2. The van der Waals surface area contributed by atoms with Crippen LogP contribution in [0.1, 0.15) is 39.5 Å². The van der Waals surface area contributed by atoms with Gasteiger partial charge in [-0.2, -0.15) is 0 Å². The predicted octanol–water partition coefficient (Wildman–Crippen LogP) is 2.10. The molecule has 0 aliphatic rings. The summed E-state index contributed by atoms with van der Waals surface area (Å²) in [7, 11) is -3.87. The van der Waals surface area contributed by atoms with E-state index < -0.39 is 7.82 Å². The summed E-state index contributed by atoms with van der Waals surface area (Å²) < 4.78 is 20.5. The third-order valence-corrected chi connectivity index (χ3v) is 4.25. The molecular formula is C12H24NO6PS. The summed E-state index contributed by atoms with van der Waals surface area (Å²) in [6, 6.07) is 0. The van der Waals surface area contributed by atoms with E-state index in [0.29, 0.717) is 13.0 Å². The van der Waals surface area contributed by atoms with E-state index in [9.17, 15) is 14.2 Å². The Hall–Kier alpha value is -0.400. The first kappa shape index (κ1) is 20.6. The monoisotopic (exact) mass is 341 g/mol. The lowest BCUT2D eigenvalue weighted by atomic mass is 10.2. The van der Waals surface area contributed by atoms with E-state index in [0.717, 1.165) is 31.0 Å². The molecule has 0 fully saturated rings. The molecule has 0 saturated carbocycles. The van der Waals surface area contributed by atoms with Gasteiger partial charge in [0.15, 0.2) is 5.12 Å². The third kappa shape index (κ3) is 14.3. The zero-order valence-electron chi connectivity index (χ0n) is 12.5. The van der Waals surface area contributed by atoms with Gasteiger partial charge >= 0.3 is 7.82 Å². The maximum Gasteiger partial charge on any atom is 0.472 e. The number of nitrogens with one attached hydrogen (secondary N) is 1. The standard InChI is InChI=1S/C12H24NO6PS/c1-3-18-20(16,17)19-9-7-5-4-6-8-13-12(15)10-21-11(2)14/h3-10H2,1-2H3,(H,13,15)(H,16,17). The van der Waals surface area contributed by atoms with Gasteiger partial charge in [-0.3, -0.25) is 18.6 Å². The normalized spacial score (nSPS) is 13.7. The van der Waals surface area contributed by atoms with Gasteiger partial charge in [-0.1, -0.05) is 24.6 Å². The molecule has 1 amide bonds. The Morgan fingerprint density at radius 2 is 1.86 bits per heavy atom. The van der Waals surface area contributed by atoms with Crippen molar-refractivity contribution in [1.82, 2.24) is 5.32 Å². The topological polar surface area (TPSA) is 102 Å². The highest BCUT2D eigenvalue weighted by molar-refractivity contribution is 8.14. The first-order valence-corrected chi connectivity index (χ1v) is 9.37. The largest absolute Gasteiger partial charge is 0.472 e. The van der Waals surface area contributed by atoms with Gasteiger partial charge in [0.2, 0.25) is 5.91 Å². The van der Waals surface area contributed by atoms with E-state index in [-0.39, 0.29) is 30.0 Å². The Morgan fingerprint density at radius 3 is 2.48 bits per heavy atom. The van der Waals surface area contributed by atoms with Crippen LogP contribution in [0, 0.1) is 0 Å². The van der Waals surface area contributed by atoms with Crippen molar-refractivity contribution in [3.8, 4) is 0 Å². The SMILES string of the molecule is CCOP(=O)(O)OCCCCCCNC(=O)CSC(C)=O. The van der Waals surface area contributed by atoms with Crippen molar-refractivity contribution in [3.63, 3.8) is 0 Å². The molecule has 0 saturated heterocycles. The van der Waals surface area contributed by atoms with Crippen molar-refractivity contribution < 1.29 is 28.1 Å². The first-order chi connectivity index (χ1) is 9.87. The maximum atomic E-state index is 11.3. The quantitative estimate of drug-likeness (QED) is 0.414. The number of unbranched alkanes of at least 4 members (excludes halogenated alkanes) is 3. The third-order valence-electron chi connectivity index (χ3n) is 2.35. The summed E-state index contributed by atoms with van der Waals surface area (Å²) in [5.74, 6) is 0.0170. The number of hydrogen-bond acceptors (Lipinski definition) is 6. The smallest absolute Gasteiger partial charge is 0.355 e. The molecule has 0 aliphatic carbocycles. The molecule has 0 spiro atoms. The molecule has 0 heterocycles. The number of carbonyl (C=O) groups excluding carboxylic acids is 2. The lowest BCUT2D eigenvalue weighted by Crippen LogP contribution is -2.26. The Labute approximate surface area is 129 Å². The summed E-state index contributed by atoms with van der Waals surface area (Å²) in [6.45, 7) is 3.92. The molecule has 0 aromatic rings. The molecule has 1 unspecified atom stereocenters. The molecule has 0 aromatic heterocycles. The van der Waals surface area contributed by atoms with Gasteiger partial charge in [0.1, 0.15) is 0 Å². The summed E-state index contributed by atoms with van der Waals surface area (Å²) >= 11 is 0.991. The van der Waals surface area contributed by atoms with Gasteiger partial charge < -0.3 is 10.2 Å². The molecule has 124 valence electrons. The van der Waals surface area contributed by atoms with E-state index in [1.165, 1.54) is 6.92 Å². The fourth-order valence-corrected chi connectivity index (χ4v) is 2.60. The van der Waals surface area contributed by atoms with Crippen LogP contribution in [0.4, 0.5) is 0 Å². The van der Waals surface area contributed by atoms with Gasteiger partial charge in [-0.25, -0.2) is 4.57 Å². The minimum Gasteiger partial charge on any atom is -0.355 e. The molecule has 0 aliphatic heterocycles. The highest BCUT2D eigenvalue weighted by Crippen LogP contribution is 2.42. The van der Waals surface area contributed by atoms with Crippen molar-refractivity contribution in [2.75, 3.05) is 25.5 Å². The summed E-state index contributed by atoms with van der Waals surface area (Å²) in [5.41, 5.74) is 0. The first-order valence-electron chi connectivity index (χ1n) is 6.89. The Balaban J connectivity index is 3.39. The number of rotatable bonds is 12. The zero-order chi connectivity index (χ0) is 16.1. The molecule has 2 N–H and O–H groups in total. The summed E-state index contributed by atoms with van der Waals surface area (Å²) in [4.78, 5) is 31.1. The lowest BCUT2D eigenvalue weighted by Gasteiger charge is -2.10. The maximum absolute atomic E-state index is 11.3. The predicted molar refractivity (Wildman–Crippen MR) is 82.0 cm³/mol. The van der Waals surface area contributed by atoms with E-state index >= 15 is 0 Å². The summed E-state index contributed by atoms with van der Waals surface area (Å²) in [6.07, 6.45) is 3.20. The van der Waals surface area contributed by atoms with Crippen molar-refractivity contribution in [3.05, 3.63) is 0 Å². The second-order valence-electron chi connectivity index (χ2n) is 4.26. The van der Waals surface area contributed by atoms with Gasteiger partial charge in [-0.15, -0.1) is 0 Å². The molecule has 0 aromatic carbocycles. The molecule has 7 nitrogen and oxygen atoms in total. The molecule has 1 atom stereocenters. The van der Waals surface area contributed by atoms with Crippen LogP contribution in [0.3, 0.4) is 0 Å².